The lowest BCUT2D eigenvalue weighted by atomic mass is 9.94. The van der Waals surface area contributed by atoms with E-state index in [0.717, 1.165) is 25.9 Å². The maximum Gasteiger partial charge on any atom is 0.221 e. The third-order valence-electron chi connectivity index (χ3n) is 8.82. The van der Waals surface area contributed by atoms with E-state index >= 15 is 0 Å². The quantitative estimate of drug-likeness (QED) is 0.0543. The Morgan fingerprint density at radius 3 is 1.29 bits per heavy atom. The van der Waals surface area contributed by atoms with Gasteiger partial charge in [-0.3, -0.25) is 4.79 Å². The summed E-state index contributed by atoms with van der Waals surface area (Å²) in [6, 6.07) is 0. The van der Waals surface area contributed by atoms with Crippen molar-refractivity contribution in [3.05, 3.63) is 48.6 Å². The minimum Gasteiger partial charge on any atom is -0.356 e. The summed E-state index contributed by atoms with van der Waals surface area (Å²) in [5.74, 6) is 0.837. The number of unbranched alkanes of at least 4 members (excludes halogenated alkanes) is 18. The minimum absolute atomic E-state index is 0.198. The summed E-state index contributed by atoms with van der Waals surface area (Å²) >= 11 is 0. The minimum atomic E-state index is 0.198. The number of hydrogen-bond acceptors (Lipinski definition) is 2. The van der Waals surface area contributed by atoms with Crippen molar-refractivity contribution in [2.24, 2.45) is 5.92 Å². The zero-order valence-electron chi connectivity index (χ0n) is 30.6. The first kappa shape index (κ1) is 43.4. The standard InChI is InChI=1S/C42H78N2O/c1-4-6-8-10-12-14-16-18-20-22-24-26-28-30-32-34-36-41(40-44-42(45)38-39-43-3)37-35-33-31-29-27-25-23-21-19-17-15-13-11-9-7-5-2/h12-15,18-21,41,43H,4-11,16-17,22-40H2,1-3H3,(H,44,45)/b14-12-,15-13-,20-18-,21-19-. The Hall–Kier alpha value is -1.61. The van der Waals surface area contributed by atoms with Crippen molar-refractivity contribution in [2.75, 3.05) is 20.1 Å². The topological polar surface area (TPSA) is 41.1 Å². The molecule has 3 heteroatoms. The molecular formula is C42H78N2O. The SMILES string of the molecule is CCCCC/C=C\C/C=C\CCCCCCCCC(CCCCCCCC/C=C\C/C=C\CCCCC)CNC(=O)CCNC. The molecule has 0 aromatic heterocycles. The van der Waals surface area contributed by atoms with Crippen LogP contribution in [0.25, 0.3) is 0 Å². The number of carbonyl (C=O) groups is 1. The van der Waals surface area contributed by atoms with Crippen LogP contribution in [-0.2, 0) is 4.79 Å². The van der Waals surface area contributed by atoms with E-state index in [9.17, 15) is 4.79 Å². The van der Waals surface area contributed by atoms with Gasteiger partial charge in [-0.1, -0.05) is 152 Å². The van der Waals surface area contributed by atoms with Crippen LogP contribution >= 0.6 is 0 Å². The Morgan fingerprint density at radius 2 is 0.889 bits per heavy atom. The lowest BCUT2D eigenvalue weighted by Gasteiger charge is -2.18. The highest BCUT2D eigenvalue weighted by molar-refractivity contribution is 5.76. The molecule has 0 aliphatic rings. The van der Waals surface area contributed by atoms with E-state index in [1.54, 1.807) is 0 Å². The fraction of sp³-hybridized carbons (Fsp3) is 0.786. The third kappa shape index (κ3) is 36.7. The van der Waals surface area contributed by atoms with Crippen molar-refractivity contribution in [2.45, 2.75) is 187 Å². The average Bonchev–Trinajstić information content (AvgIpc) is 3.05. The van der Waals surface area contributed by atoms with Crippen LogP contribution in [0, 0.1) is 5.92 Å². The summed E-state index contributed by atoms with van der Waals surface area (Å²) in [6.45, 7) is 6.15. The van der Waals surface area contributed by atoms with Crippen molar-refractivity contribution >= 4 is 5.91 Å². The Kier molecular flexibility index (Phi) is 37.2. The molecule has 0 bridgehead atoms. The van der Waals surface area contributed by atoms with Crippen LogP contribution in [0.15, 0.2) is 48.6 Å². The summed E-state index contributed by atoms with van der Waals surface area (Å²) in [7, 11) is 1.91. The van der Waals surface area contributed by atoms with Crippen molar-refractivity contribution in [1.29, 1.82) is 0 Å². The maximum atomic E-state index is 12.2. The molecule has 0 aromatic rings. The molecule has 0 fully saturated rings. The molecule has 0 aliphatic heterocycles. The summed E-state index contributed by atoms with van der Waals surface area (Å²) in [5.41, 5.74) is 0. The fourth-order valence-corrected chi connectivity index (χ4v) is 5.78. The number of carbonyl (C=O) groups excluding carboxylic acids is 1. The highest BCUT2D eigenvalue weighted by atomic mass is 16.1. The van der Waals surface area contributed by atoms with E-state index in [0.29, 0.717) is 12.3 Å². The molecule has 1 amide bonds. The summed E-state index contributed by atoms with van der Waals surface area (Å²) in [4.78, 5) is 12.2. The van der Waals surface area contributed by atoms with E-state index < -0.39 is 0 Å². The fourth-order valence-electron chi connectivity index (χ4n) is 5.78. The molecule has 0 saturated carbocycles. The monoisotopic (exact) mass is 627 g/mol. The van der Waals surface area contributed by atoms with Gasteiger partial charge >= 0.3 is 0 Å². The zero-order valence-corrected chi connectivity index (χ0v) is 30.6. The lowest BCUT2D eigenvalue weighted by Crippen LogP contribution is -2.31. The molecule has 2 N–H and O–H groups in total. The molecule has 45 heavy (non-hydrogen) atoms. The first-order valence-corrected chi connectivity index (χ1v) is 19.8. The summed E-state index contributed by atoms with van der Waals surface area (Å²) in [6.07, 6.45) is 53.1. The van der Waals surface area contributed by atoms with Gasteiger partial charge in [-0.2, -0.15) is 0 Å². The van der Waals surface area contributed by atoms with E-state index in [1.807, 2.05) is 7.05 Å². The molecule has 0 saturated heterocycles. The molecule has 0 rings (SSSR count). The van der Waals surface area contributed by atoms with Gasteiger partial charge < -0.3 is 10.6 Å². The van der Waals surface area contributed by atoms with Crippen molar-refractivity contribution in [3.63, 3.8) is 0 Å². The molecule has 3 nitrogen and oxygen atoms in total. The molecule has 0 atom stereocenters. The van der Waals surface area contributed by atoms with Gasteiger partial charge in [0.2, 0.25) is 5.91 Å². The van der Waals surface area contributed by atoms with Crippen LogP contribution in [0.4, 0.5) is 0 Å². The van der Waals surface area contributed by atoms with Crippen molar-refractivity contribution < 1.29 is 4.79 Å². The Bertz CT molecular complexity index is 659. The highest BCUT2D eigenvalue weighted by Crippen LogP contribution is 2.19. The second-order valence-electron chi connectivity index (χ2n) is 13.3. The second kappa shape index (κ2) is 38.6. The summed E-state index contributed by atoms with van der Waals surface area (Å²) in [5, 5.41) is 6.31. The molecular weight excluding hydrogens is 548 g/mol. The van der Waals surface area contributed by atoms with Crippen LogP contribution in [0.3, 0.4) is 0 Å². The Labute approximate surface area is 282 Å². The molecule has 0 aromatic carbocycles. The Balaban J connectivity index is 3.93. The molecule has 262 valence electrons. The van der Waals surface area contributed by atoms with Gasteiger partial charge in [0.25, 0.3) is 0 Å². The van der Waals surface area contributed by atoms with Gasteiger partial charge in [0.1, 0.15) is 0 Å². The number of nitrogens with one attached hydrogen (secondary N) is 2. The number of hydrogen-bond donors (Lipinski definition) is 2. The average molecular weight is 627 g/mol. The molecule has 0 radical (unpaired) electrons. The van der Waals surface area contributed by atoms with Gasteiger partial charge in [-0.25, -0.2) is 0 Å². The normalized spacial score (nSPS) is 12.3. The van der Waals surface area contributed by atoms with Gasteiger partial charge in [0, 0.05) is 19.5 Å². The van der Waals surface area contributed by atoms with Crippen LogP contribution in [0.1, 0.15) is 187 Å². The first-order chi connectivity index (χ1) is 22.2. The molecule has 0 unspecified atom stereocenters. The number of allylic oxidation sites excluding steroid dienone is 8. The van der Waals surface area contributed by atoms with Crippen LogP contribution in [-0.4, -0.2) is 26.0 Å². The van der Waals surface area contributed by atoms with Gasteiger partial charge in [-0.05, 0) is 90.0 Å². The van der Waals surface area contributed by atoms with Crippen LogP contribution < -0.4 is 10.6 Å². The Morgan fingerprint density at radius 1 is 0.511 bits per heavy atom. The van der Waals surface area contributed by atoms with Gasteiger partial charge in [0.05, 0.1) is 0 Å². The summed E-state index contributed by atoms with van der Waals surface area (Å²) < 4.78 is 0. The van der Waals surface area contributed by atoms with Crippen molar-refractivity contribution in [3.8, 4) is 0 Å². The van der Waals surface area contributed by atoms with E-state index in [1.165, 1.54) is 154 Å². The predicted octanol–water partition coefficient (Wildman–Crippen LogP) is 12.7. The maximum absolute atomic E-state index is 12.2. The van der Waals surface area contributed by atoms with E-state index in [2.05, 4.69) is 73.1 Å². The largest absolute Gasteiger partial charge is 0.356 e. The highest BCUT2D eigenvalue weighted by Gasteiger charge is 2.10. The van der Waals surface area contributed by atoms with E-state index in [4.69, 9.17) is 0 Å². The second-order valence-corrected chi connectivity index (χ2v) is 13.3. The van der Waals surface area contributed by atoms with E-state index in [-0.39, 0.29) is 5.91 Å². The molecule has 0 spiro atoms. The zero-order chi connectivity index (χ0) is 32.7. The number of rotatable bonds is 35. The number of amides is 1. The molecule has 0 aliphatic carbocycles. The predicted molar refractivity (Wildman–Crippen MR) is 203 cm³/mol. The van der Waals surface area contributed by atoms with Crippen LogP contribution in [0.2, 0.25) is 0 Å². The first-order valence-electron chi connectivity index (χ1n) is 19.8. The van der Waals surface area contributed by atoms with Crippen LogP contribution in [0.5, 0.6) is 0 Å². The van der Waals surface area contributed by atoms with Crippen molar-refractivity contribution in [1.82, 2.24) is 10.6 Å². The van der Waals surface area contributed by atoms with Gasteiger partial charge in [0.15, 0.2) is 0 Å². The molecule has 0 heterocycles. The smallest absolute Gasteiger partial charge is 0.221 e. The van der Waals surface area contributed by atoms with Gasteiger partial charge in [-0.15, -0.1) is 0 Å². The lowest BCUT2D eigenvalue weighted by molar-refractivity contribution is -0.121. The third-order valence-corrected chi connectivity index (χ3v) is 8.82.